The maximum atomic E-state index is 8.74. The number of aliphatic hydroxyl groups is 1. The van der Waals surface area contributed by atoms with Crippen LogP contribution in [0.3, 0.4) is 0 Å². The summed E-state index contributed by atoms with van der Waals surface area (Å²) in [6.07, 6.45) is 2.21. The summed E-state index contributed by atoms with van der Waals surface area (Å²) >= 11 is 0. The van der Waals surface area contributed by atoms with Gasteiger partial charge >= 0.3 is 0 Å². The molecule has 5 heteroatoms. The smallest absolute Gasteiger partial charge is 0.135 e. The first-order valence-electron chi connectivity index (χ1n) is 6.29. The summed E-state index contributed by atoms with van der Waals surface area (Å²) in [6.45, 7) is 2.91. The van der Waals surface area contributed by atoms with E-state index in [2.05, 4.69) is 20.6 Å². The van der Waals surface area contributed by atoms with Crippen LogP contribution in [0.25, 0.3) is 0 Å². The van der Waals surface area contributed by atoms with Crippen molar-refractivity contribution < 1.29 is 5.11 Å². The van der Waals surface area contributed by atoms with Crippen molar-refractivity contribution in [2.75, 3.05) is 23.8 Å². The standard InChI is InChI=1S/C14H18N4O/c1-11-5-2-3-6-12(11)18-14-9-13(16-10-17-14)15-7-4-8-19/h2-3,5-6,9-10,19H,4,7-8H2,1H3,(H2,15,16,17,18). The lowest BCUT2D eigenvalue weighted by molar-refractivity contribution is 0.292. The van der Waals surface area contributed by atoms with E-state index in [4.69, 9.17) is 5.11 Å². The topological polar surface area (TPSA) is 70.1 Å². The van der Waals surface area contributed by atoms with E-state index >= 15 is 0 Å². The highest BCUT2D eigenvalue weighted by molar-refractivity contribution is 5.61. The van der Waals surface area contributed by atoms with Crippen LogP contribution in [-0.2, 0) is 0 Å². The molecule has 0 aliphatic carbocycles. The average molecular weight is 258 g/mol. The summed E-state index contributed by atoms with van der Waals surface area (Å²) in [4.78, 5) is 8.32. The number of para-hydroxylation sites is 1. The van der Waals surface area contributed by atoms with Crippen molar-refractivity contribution in [1.29, 1.82) is 0 Å². The number of nitrogens with zero attached hydrogens (tertiary/aromatic N) is 2. The molecule has 0 aliphatic rings. The molecule has 19 heavy (non-hydrogen) atoms. The zero-order valence-electron chi connectivity index (χ0n) is 10.9. The number of hydrogen-bond acceptors (Lipinski definition) is 5. The maximum Gasteiger partial charge on any atom is 0.135 e. The molecule has 2 rings (SSSR count). The molecule has 0 aliphatic heterocycles. The van der Waals surface area contributed by atoms with Crippen LogP contribution in [0, 0.1) is 6.92 Å². The van der Waals surface area contributed by atoms with Crippen LogP contribution < -0.4 is 10.6 Å². The fourth-order valence-electron chi connectivity index (χ4n) is 1.67. The number of aliphatic hydroxyl groups excluding tert-OH is 1. The van der Waals surface area contributed by atoms with Gasteiger partial charge in [0.05, 0.1) is 0 Å². The van der Waals surface area contributed by atoms with Crippen LogP contribution in [0.2, 0.25) is 0 Å². The van der Waals surface area contributed by atoms with E-state index in [9.17, 15) is 0 Å². The van der Waals surface area contributed by atoms with E-state index in [1.165, 1.54) is 6.33 Å². The van der Waals surface area contributed by atoms with Crippen molar-refractivity contribution in [3.8, 4) is 0 Å². The zero-order valence-corrected chi connectivity index (χ0v) is 10.9. The van der Waals surface area contributed by atoms with Crippen molar-refractivity contribution in [2.24, 2.45) is 0 Å². The molecule has 1 aromatic heterocycles. The SMILES string of the molecule is Cc1ccccc1Nc1cc(NCCCO)ncn1. The summed E-state index contributed by atoms with van der Waals surface area (Å²) in [5.74, 6) is 1.50. The Morgan fingerprint density at radius 3 is 2.74 bits per heavy atom. The summed E-state index contributed by atoms with van der Waals surface area (Å²) in [5, 5.41) is 15.1. The lowest BCUT2D eigenvalue weighted by atomic mass is 10.2. The minimum atomic E-state index is 0.173. The first-order chi connectivity index (χ1) is 9.29. The molecule has 0 spiro atoms. The van der Waals surface area contributed by atoms with Crippen LogP contribution in [-0.4, -0.2) is 28.2 Å². The third kappa shape index (κ3) is 3.93. The van der Waals surface area contributed by atoms with Gasteiger partial charge < -0.3 is 15.7 Å². The van der Waals surface area contributed by atoms with Gasteiger partial charge in [0, 0.05) is 24.9 Å². The lowest BCUT2D eigenvalue weighted by Crippen LogP contribution is -2.06. The Kier molecular flexibility index (Phi) is 4.69. The highest BCUT2D eigenvalue weighted by Gasteiger charge is 2.01. The Hall–Kier alpha value is -2.14. The van der Waals surface area contributed by atoms with Crippen LogP contribution in [0.1, 0.15) is 12.0 Å². The molecule has 0 fully saturated rings. The van der Waals surface area contributed by atoms with Crippen molar-refractivity contribution in [1.82, 2.24) is 9.97 Å². The van der Waals surface area contributed by atoms with Gasteiger partial charge in [-0.2, -0.15) is 0 Å². The Bertz CT molecular complexity index is 530. The van der Waals surface area contributed by atoms with Gasteiger partial charge in [-0.1, -0.05) is 18.2 Å². The van der Waals surface area contributed by atoms with Crippen LogP contribution in [0.15, 0.2) is 36.7 Å². The quantitative estimate of drug-likeness (QED) is 0.694. The normalized spacial score (nSPS) is 10.2. The van der Waals surface area contributed by atoms with Gasteiger partial charge in [0.15, 0.2) is 0 Å². The molecule has 5 nitrogen and oxygen atoms in total. The molecule has 0 unspecified atom stereocenters. The van der Waals surface area contributed by atoms with Crippen molar-refractivity contribution in [3.63, 3.8) is 0 Å². The molecule has 0 amide bonds. The van der Waals surface area contributed by atoms with Crippen LogP contribution in [0.4, 0.5) is 17.3 Å². The predicted octanol–water partition coefficient (Wildman–Crippen LogP) is 2.32. The van der Waals surface area contributed by atoms with Crippen molar-refractivity contribution in [2.45, 2.75) is 13.3 Å². The average Bonchev–Trinajstić information content (AvgIpc) is 2.42. The van der Waals surface area contributed by atoms with Gasteiger partial charge in [-0.05, 0) is 25.0 Å². The number of aromatic nitrogens is 2. The summed E-state index contributed by atoms with van der Waals surface area (Å²) in [5.41, 5.74) is 2.19. The molecule has 2 aromatic rings. The molecule has 100 valence electrons. The Labute approximate surface area is 112 Å². The second-order valence-corrected chi connectivity index (χ2v) is 4.23. The molecule has 0 saturated carbocycles. The van der Waals surface area contributed by atoms with Gasteiger partial charge in [0.1, 0.15) is 18.0 Å². The summed E-state index contributed by atoms with van der Waals surface area (Å²) < 4.78 is 0. The zero-order chi connectivity index (χ0) is 13.5. The first kappa shape index (κ1) is 13.3. The van der Waals surface area contributed by atoms with Gasteiger partial charge in [0.2, 0.25) is 0 Å². The third-order valence-corrected chi connectivity index (χ3v) is 2.72. The van der Waals surface area contributed by atoms with E-state index in [1.807, 2.05) is 37.3 Å². The molecule has 0 atom stereocenters. The molecule has 0 saturated heterocycles. The monoisotopic (exact) mass is 258 g/mol. The van der Waals surface area contributed by atoms with Gasteiger partial charge in [-0.25, -0.2) is 9.97 Å². The third-order valence-electron chi connectivity index (χ3n) is 2.72. The molecular formula is C14H18N4O. The summed E-state index contributed by atoms with van der Waals surface area (Å²) in [7, 11) is 0. The summed E-state index contributed by atoms with van der Waals surface area (Å²) in [6, 6.07) is 9.89. The fourth-order valence-corrected chi connectivity index (χ4v) is 1.67. The number of anilines is 3. The Morgan fingerprint density at radius 2 is 1.95 bits per heavy atom. The van der Waals surface area contributed by atoms with Gasteiger partial charge in [-0.15, -0.1) is 0 Å². The first-order valence-corrected chi connectivity index (χ1v) is 6.29. The lowest BCUT2D eigenvalue weighted by Gasteiger charge is -2.10. The van der Waals surface area contributed by atoms with E-state index in [1.54, 1.807) is 0 Å². The van der Waals surface area contributed by atoms with Crippen LogP contribution >= 0.6 is 0 Å². The number of aryl methyl sites for hydroxylation is 1. The number of rotatable bonds is 6. The molecule has 0 bridgehead atoms. The van der Waals surface area contributed by atoms with Gasteiger partial charge in [0.25, 0.3) is 0 Å². The highest BCUT2D eigenvalue weighted by Crippen LogP contribution is 2.19. The minimum Gasteiger partial charge on any atom is -0.396 e. The van der Waals surface area contributed by atoms with E-state index < -0.39 is 0 Å². The fraction of sp³-hybridized carbons (Fsp3) is 0.286. The van der Waals surface area contributed by atoms with Crippen molar-refractivity contribution >= 4 is 17.3 Å². The molecular weight excluding hydrogens is 240 g/mol. The molecule has 1 aromatic carbocycles. The van der Waals surface area contributed by atoms with Crippen molar-refractivity contribution in [3.05, 3.63) is 42.2 Å². The Morgan fingerprint density at radius 1 is 1.16 bits per heavy atom. The van der Waals surface area contributed by atoms with E-state index in [-0.39, 0.29) is 6.61 Å². The van der Waals surface area contributed by atoms with E-state index in [0.29, 0.717) is 13.0 Å². The Balaban J connectivity index is 2.05. The van der Waals surface area contributed by atoms with Gasteiger partial charge in [-0.3, -0.25) is 0 Å². The van der Waals surface area contributed by atoms with Crippen LogP contribution in [0.5, 0.6) is 0 Å². The molecule has 3 N–H and O–H groups in total. The number of hydrogen-bond donors (Lipinski definition) is 3. The van der Waals surface area contributed by atoms with E-state index in [0.717, 1.165) is 22.9 Å². The number of benzene rings is 1. The highest BCUT2D eigenvalue weighted by atomic mass is 16.3. The second kappa shape index (κ2) is 6.70. The minimum absolute atomic E-state index is 0.173. The second-order valence-electron chi connectivity index (χ2n) is 4.23. The largest absolute Gasteiger partial charge is 0.396 e. The maximum absolute atomic E-state index is 8.74. The molecule has 0 radical (unpaired) electrons. The predicted molar refractivity (Wildman–Crippen MR) is 76.7 cm³/mol. The number of nitrogens with one attached hydrogen (secondary N) is 2. The molecule has 1 heterocycles.